The van der Waals surface area contributed by atoms with Gasteiger partial charge in [-0.15, -0.1) is 0 Å². The lowest BCUT2D eigenvalue weighted by Crippen LogP contribution is -2.43. The summed E-state index contributed by atoms with van der Waals surface area (Å²) in [6.07, 6.45) is -1.41. The molecule has 0 aromatic rings. The molecule has 1 fully saturated rings. The molecule has 0 saturated carbocycles. The van der Waals surface area contributed by atoms with Gasteiger partial charge in [-0.1, -0.05) is 0 Å². The molecule has 0 aromatic carbocycles. The van der Waals surface area contributed by atoms with Crippen LogP contribution in [-0.4, -0.2) is 51.2 Å². The number of halogens is 2. The van der Waals surface area contributed by atoms with E-state index in [1.165, 1.54) is 0 Å². The van der Waals surface area contributed by atoms with Crippen LogP contribution in [0.15, 0.2) is 0 Å². The van der Waals surface area contributed by atoms with Crippen LogP contribution in [0.1, 0.15) is 6.42 Å². The van der Waals surface area contributed by atoms with Gasteiger partial charge in [-0.25, -0.2) is 8.78 Å². The minimum absolute atomic E-state index is 0.107. The van der Waals surface area contributed by atoms with E-state index in [1.54, 1.807) is 11.9 Å². The number of hydrogen-bond acceptors (Lipinski definition) is 3. The normalized spacial score (nSPS) is 27.9. The highest BCUT2D eigenvalue weighted by atomic mass is 19.3. The summed E-state index contributed by atoms with van der Waals surface area (Å²) >= 11 is 0. The molecule has 1 unspecified atom stereocenters. The molecular weight excluding hydrogens is 190 g/mol. The van der Waals surface area contributed by atoms with Gasteiger partial charge in [0.05, 0.1) is 13.2 Å². The molecule has 0 bridgehead atoms. The van der Waals surface area contributed by atoms with Gasteiger partial charge in [0.25, 0.3) is 6.43 Å². The van der Waals surface area contributed by atoms with Crippen LogP contribution >= 0.6 is 0 Å². The van der Waals surface area contributed by atoms with Gasteiger partial charge in [0.15, 0.2) is 0 Å². The molecule has 0 aliphatic carbocycles. The highest BCUT2D eigenvalue weighted by Crippen LogP contribution is 2.28. The highest BCUT2D eigenvalue weighted by molar-refractivity contribution is 4.86. The molecule has 0 amide bonds. The van der Waals surface area contributed by atoms with Gasteiger partial charge in [0.1, 0.15) is 0 Å². The molecule has 14 heavy (non-hydrogen) atoms. The standard InChI is InChI=1S/C9H18F2N2O/c1-13(4-8(10)11)6-9(5-12)2-3-14-7-9/h8H,2-7,12H2,1H3. The fraction of sp³-hybridized carbons (Fsp3) is 1.00. The number of alkyl halides is 2. The minimum Gasteiger partial charge on any atom is -0.381 e. The summed E-state index contributed by atoms with van der Waals surface area (Å²) in [5.41, 5.74) is 5.55. The van der Waals surface area contributed by atoms with Gasteiger partial charge >= 0.3 is 0 Å². The summed E-state index contributed by atoms with van der Waals surface area (Å²) in [6, 6.07) is 0. The smallest absolute Gasteiger partial charge is 0.251 e. The largest absolute Gasteiger partial charge is 0.381 e. The van der Waals surface area contributed by atoms with E-state index in [0.717, 1.165) is 6.42 Å². The first kappa shape index (κ1) is 11.8. The highest BCUT2D eigenvalue weighted by Gasteiger charge is 2.34. The number of nitrogens with two attached hydrogens (primary N) is 1. The fourth-order valence-electron chi connectivity index (χ4n) is 1.87. The molecule has 1 rings (SSSR count). The molecule has 0 aromatic heterocycles. The second-order valence-electron chi connectivity index (χ2n) is 4.09. The SMILES string of the molecule is CN(CC(F)F)CC1(CN)CCOC1. The van der Waals surface area contributed by atoms with Crippen molar-refractivity contribution in [3.8, 4) is 0 Å². The van der Waals surface area contributed by atoms with Crippen molar-refractivity contribution in [2.75, 3.05) is 39.9 Å². The monoisotopic (exact) mass is 208 g/mol. The lowest BCUT2D eigenvalue weighted by atomic mass is 9.87. The maximum Gasteiger partial charge on any atom is 0.251 e. The van der Waals surface area contributed by atoms with Crippen molar-refractivity contribution in [1.82, 2.24) is 4.90 Å². The van der Waals surface area contributed by atoms with E-state index in [0.29, 0.717) is 26.3 Å². The van der Waals surface area contributed by atoms with Crippen molar-refractivity contribution in [2.45, 2.75) is 12.8 Å². The molecule has 5 heteroatoms. The predicted octanol–water partition coefficient (Wildman–Crippen LogP) is 0.549. The summed E-state index contributed by atoms with van der Waals surface area (Å²) in [5.74, 6) is 0. The topological polar surface area (TPSA) is 38.5 Å². The van der Waals surface area contributed by atoms with Crippen molar-refractivity contribution in [2.24, 2.45) is 11.1 Å². The van der Waals surface area contributed by atoms with E-state index in [1.807, 2.05) is 0 Å². The van der Waals surface area contributed by atoms with Crippen LogP contribution in [0.25, 0.3) is 0 Å². The van der Waals surface area contributed by atoms with Gasteiger partial charge in [0, 0.05) is 25.1 Å². The molecule has 1 heterocycles. The van der Waals surface area contributed by atoms with Crippen LogP contribution in [0.4, 0.5) is 8.78 Å². The van der Waals surface area contributed by atoms with Crippen LogP contribution in [0, 0.1) is 5.41 Å². The van der Waals surface area contributed by atoms with Crippen LogP contribution in [0.2, 0.25) is 0 Å². The van der Waals surface area contributed by atoms with Crippen molar-refractivity contribution in [3.05, 3.63) is 0 Å². The Balaban J connectivity index is 2.39. The molecule has 1 atom stereocenters. The van der Waals surface area contributed by atoms with Crippen molar-refractivity contribution in [1.29, 1.82) is 0 Å². The van der Waals surface area contributed by atoms with E-state index < -0.39 is 6.43 Å². The second kappa shape index (κ2) is 5.00. The lowest BCUT2D eigenvalue weighted by Gasteiger charge is -2.30. The maximum atomic E-state index is 12.1. The third kappa shape index (κ3) is 3.15. The van der Waals surface area contributed by atoms with Crippen molar-refractivity contribution >= 4 is 0 Å². The molecule has 2 N–H and O–H groups in total. The molecule has 1 aliphatic heterocycles. The molecule has 1 saturated heterocycles. The van der Waals surface area contributed by atoms with Crippen molar-refractivity contribution in [3.63, 3.8) is 0 Å². The summed E-state index contributed by atoms with van der Waals surface area (Å²) in [6.45, 7) is 2.19. The zero-order chi connectivity index (χ0) is 10.6. The van der Waals surface area contributed by atoms with Gasteiger partial charge < -0.3 is 15.4 Å². The fourth-order valence-corrected chi connectivity index (χ4v) is 1.87. The Morgan fingerprint density at radius 2 is 2.29 bits per heavy atom. The number of nitrogens with zero attached hydrogens (tertiary/aromatic N) is 1. The summed E-state index contributed by atoms with van der Waals surface area (Å²) in [7, 11) is 1.70. The van der Waals surface area contributed by atoms with Crippen LogP contribution in [-0.2, 0) is 4.74 Å². The third-order valence-electron chi connectivity index (χ3n) is 2.67. The average Bonchev–Trinajstić information content (AvgIpc) is 2.52. The number of hydrogen-bond donors (Lipinski definition) is 1. The van der Waals surface area contributed by atoms with E-state index >= 15 is 0 Å². The van der Waals surface area contributed by atoms with Crippen molar-refractivity contribution < 1.29 is 13.5 Å². The zero-order valence-electron chi connectivity index (χ0n) is 8.51. The molecule has 1 aliphatic rings. The van der Waals surface area contributed by atoms with Crippen LogP contribution in [0.3, 0.4) is 0 Å². The van der Waals surface area contributed by atoms with E-state index in [-0.39, 0.29) is 12.0 Å². The Kier molecular flexibility index (Phi) is 4.22. The van der Waals surface area contributed by atoms with E-state index in [4.69, 9.17) is 10.5 Å². The van der Waals surface area contributed by atoms with Gasteiger partial charge in [-0.05, 0) is 13.5 Å². The van der Waals surface area contributed by atoms with Gasteiger partial charge in [-0.2, -0.15) is 0 Å². The second-order valence-corrected chi connectivity index (χ2v) is 4.09. The third-order valence-corrected chi connectivity index (χ3v) is 2.67. The zero-order valence-corrected chi connectivity index (χ0v) is 8.51. The summed E-state index contributed by atoms with van der Waals surface area (Å²) in [5, 5.41) is 0. The number of ether oxygens (including phenoxy) is 1. The molecule has 3 nitrogen and oxygen atoms in total. The summed E-state index contributed by atoms with van der Waals surface area (Å²) in [4.78, 5) is 1.63. The van der Waals surface area contributed by atoms with Gasteiger partial charge in [0.2, 0.25) is 0 Å². The van der Waals surface area contributed by atoms with E-state index in [2.05, 4.69) is 0 Å². The first-order chi connectivity index (χ1) is 6.58. The number of rotatable bonds is 5. The molecule has 0 radical (unpaired) electrons. The Labute approximate surface area is 83.2 Å². The first-order valence-corrected chi connectivity index (χ1v) is 4.82. The Morgan fingerprint density at radius 3 is 2.71 bits per heavy atom. The Bertz CT molecular complexity index is 172. The molecule has 0 spiro atoms. The Hall–Kier alpha value is -0.260. The van der Waals surface area contributed by atoms with Gasteiger partial charge in [-0.3, -0.25) is 0 Å². The maximum absolute atomic E-state index is 12.1. The minimum atomic E-state index is -2.28. The quantitative estimate of drug-likeness (QED) is 0.717. The predicted molar refractivity (Wildman–Crippen MR) is 50.4 cm³/mol. The first-order valence-electron chi connectivity index (χ1n) is 4.82. The molecular formula is C9H18F2N2O. The Morgan fingerprint density at radius 1 is 1.57 bits per heavy atom. The lowest BCUT2D eigenvalue weighted by molar-refractivity contribution is 0.0696. The average molecular weight is 208 g/mol. The van der Waals surface area contributed by atoms with Crippen LogP contribution in [0.5, 0.6) is 0 Å². The van der Waals surface area contributed by atoms with E-state index in [9.17, 15) is 8.78 Å². The van der Waals surface area contributed by atoms with Crippen LogP contribution < -0.4 is 5.73 Å². The molecule has 84 valence electrons. The summed E-state index contributed by atoms with van der Waals surface area (Å²) < 4.78 is 29.4.